The van der Waals surface area contributed by atoms with E-state index in [2.05, 4.69) is 19.2 Å². The van der Waals surface area contributed by atoms with E-state index in [9.17, 15) is 9.59 Å². The highest BCUT2D eigenvalue weighted by Gasteiger charge is 2.53. The molecule has 1 N–H and O–H groups in total. The molecule has 4 nitrogen and oxygen atoms in total. The lowest BCUT2D eigenvalue weighted by molar-refractivity contribution is -0.165. The van der Waals surface area contributed by atoms with Crippen LogP contribution in [0.25, 0.3) is 0 Å². The Morgan fingerprint density at radius 2 is 2.00 bits per heavy atom. The number of piperidine rings is 1. The van der Waals surface area contributed by atoms with E-state index in [1.54, 1.807) is 0 Å². The van der Waals surface area contributed by atoms with Gasteiger partial charge in [0.1, 0.15) is 0 Å². The van der Waals surface area contributed by atoms with E-state index in [0.717, 1.165) is 12.8 Å². The third kappa shape index (κ3) is 2.30. The smallest absolute Gasteiger partial charge is 0.230 e. The summed E-state index contributed by atoms with van der Waals surface area (Å²) in [5.41, 5.74) is -0.460. The van der Waals surface area contributed by atoms with Crippen molar-refractivity contribution in [2.45, 2.75) is 52.6 Å². The van der Waals surface area contributed by atoms with E-state index in [1.165, 1.54) is 0 Å². The summed E-state index contributed by atoms with van der Waals surface area (Å²) in [6, 6.07) is 0. The predicted octanol–water partition coefficient (Wildman–Crippen LogP) is 1.88. The molecule has 2 amide bonds. The molecule has 2 unspecified atom stereocenters. The standard InChI is InChI=1S/C14H23NO3/c1-9(2)11-12(17)15-10(16)7-14(11)5-6-18-13(3,4)8-14/h9,11H,5-8H2,1-4H3,(H,15,16,17). The molecule has 18 heavy (non-hydrogen) atoms. The molecule has 2 aliphatic heterocycles. The van der Waals surface area contributed by atoms with Crippen molar-refractivity contribution in [3.8, 4) is 0 Å². The molecule has 2 fully saturated rings. The fourth-order valence-electron chi connectivity index (χ4n) is 3.91. The fourth-order valence-corrected chi connectivity index (χ4v) is 3.91. The number of rotatable bonds is 1. The highest BCUT2D eigenvalue weighted by atomic mass is 16.5. The molecule has 2 saturated heterocycles. The van der Waals surface area contributed by atoms with Crippen molar-refractivity contribution in [3.05, 3.63) is 0 Å². The van der Waals surface area contributed by atoms with Gasteiger partial charge in [-0.05, 0) is 38.0 Å². The molecule has 2 rings (SSSR count). The van der Waals surface area contributed by atoms with Crippen molar-refractivity contribution in [2.75, 3.05) is 6.61 Å². The van der Waals surface area contributed by atoms with Crippen LogP contribution in [0.1, 0.15) is 47.0 Å². The second-order valence-electron chi connectivity index (χ2n) is 6.71. The number of imide groups is 1. The van der Waals surface area contributed by atoms with Gasteiger partial charge in [0, 0.05) is 18.9 Å². The molecule has 0 radical (unpaired) electrons. The van der Waals surface area contributed by atoms with E-state index >= 15 is 0 Å². The number of hydrogen-bond acceptors (Lipinski definition) is 3. The second kappa shape index (κ2) is 4.34. The Labute approximate surface area is 108 Å². The molecular formula is C14H23NO3. The van der Waals surface area contributed by atoms with Gasteiger partial charge in [-0.15, -0.1) is 0 Å². The average molecular weight is 253 g/mol. The van der Waals surface area contributed by atoms with Crippen LogP contribution in [0.3, 0.4) is 0 Å². The Kier molecular flexibility index (Phi) is 3.26. The molecule has 0 aromatic heterocycles. The lowest BCUT2D eigenvalue weighted by atomic mass is 9.59. The minimum Gasteiger partial charge on any atom is -0.376 e. The summed E-state index contributed by atoms with van der Waals surface area (Å²) in [6.07, 6.45) is 2.04. The predicted molar refractivity (Wildman–Crippen MR) is 67.8 cm³/mol. The number of nitrogens with one attached hydrogen (secondary N) is 1. The Hall–Kier alpha value is -0.900. The summed E-state index contributed by atoms with van der Waals surface area (Å²) in [7, 11) is 0. The maximum atomic E-state index is 12.2. The molecule has 0 bridgehead atoms. The first kappa shape index (κ1) is 13.5. The number of hydrogen-bond donors (Lipinski definition) is 1. The molecule has 0 aromatic carbocycles. The normalized spacial score (nSPS) is 35.9. The molecule has 0 aromatic rings. The first-order chi connectivity index (χ1) is 8.26. The molecule has 1 spiro atoms. The molecule has 0 saturated carbocycles. The van der Waals surface area contributed by atoms with Gasteiger partial charge in [0.05, 0.1) is 5.60 Å². The first-order valence-electron chi connectivity index (χ1n) is 6.73. The number of amides is 2. The van der Waals surface area contributed by atoms with Crippen molar-refractivity contribution in [1.82, 2.24) is 5.32 Å². The SMILES string of the molecule is CC(C)C1C(=O)NC(=O)CC12CCOC(C)(C)C2. The molecule has 0 aliphatic carbocycles. The zero-order valence-corrected chi connectivity index (χ0v) is 11.7. The van der Waals surface area contributed by atoms with E-state index in [-0.39, 0.29) is 34.7 Å². The van der Waals surface area contributed by atoms with Crippen molar-refractivity contribution >= 4 is 11.8 Å². The summed E-state index contributed by atoms with van der Waals surface area (Å²) in [6.45, 7) is 8.84. The van der Waals surface area contributed by atoms with Crippen LogP contribution in [-0.4, -0.2) is 24.0 Å². The van der Waals surface area contributed by atoms with E-state index < -0.39 is 0 Å². The van der Waals surface area contributed by atoms with Gasteiger partial charge >= 0.3 is 0 Å². The monoisotopic (exact) mass is 253 g/mol. The zero-order chi connectivity index (χ0) is 13.6. The third-order valence-electron chi connectivity index (χ3n) is 4.25. The van der Waals surface area contributed by atoms with Crippen LogP contribution < -0.4 is 5.32 Å². The molecule has 2 heterocycles. The van der Waals surface area contributed by atoms with Gasteiger partial charge in [0.15, 0.2) is 0 Å². The van der Waals surface area contributed by atoms with Crippen LogP contribution in [0.4, 0.5) is 0 Å². The highest BCUT2D eigenvalue weighted by molar-refractivity contribution is 5.99. The molecule has 102 valence electrons. The molecule has 4 heteroatoms. The quantitative estimate of drug-likeness (QED) is 0.726. The molecular weight excluding hydrogens is 230 g/mol. The Bertz CT molecular complexity index is 375. The van der Waals surface area contributed by atoms with Crippen LogP contribution in [0.2, 0.25) is 0 Å². The Morgan fingerprint density at radius 3 is 2.56 bits per heavy atom. The number of carbonyl (C=O) groups excluding carboxylic acids is 2. The van der Waals surface area contributed by atoms with Crippen molar-refractivity contribution in [1.29, 1.82) is 0 Å². The van der Waals surface area contributed by atoms with Gasteiger partial charge in [-0.3, -0.25) is 14.9 Å². The van der Waals surface area contributed by atoms with Crippen molar-refractivity contribution in [2.24, 2.45) is 17.3 Å². The lowest BCUT2D eigenvalue weighted by Crippen LogP contribution is -2.58. The van der Waals surface area contributed by atoms with E-state index in [0.29, 0.717) is 13.0 Å². The average Bonchev–Trinajstić information content (AvgIpc) is 2.11. The van der Waals surface area contributed by atoms with Gasteiger partial charge < -0.3 is 4.74 Å². The summed E-state index contributed by atoms with van der Waals surface area (Å²) in [5.74, 6) is -0.0704. The maximum Gasteiger partial charge on any atom is 0.230 e. The van der Waals surface area contributed by atoms with Gasteiger partial charge in [0.25, 0.3) is 0 Å². The minimum atomic E-state index is -0.247. The Morgan fingerprint density at radius 1 is 1.33 bits per heavy atom. The van der Waals surface area contributed by atoms with Gasteiger partial charge in [-0.2, -0.15) is 0 Å². The minimum absolute atomic E-state index is 0.0848. The van der Waals surface area contributed by atoms with Crippen LogP contribution in [-0.2, 0) is 14.3 Å². The van der Waals surface area contributed by atoms with Crippen molar-refractivity contribution < 1.29 is 14.3 Å². The summed E-state index contributed by atoms with van der Waals surface area (Å²) in [5, 5.41) is 2.49. The Balaban J connectivity index is 2.36. The van der Waals surface area contributed by atoms with Gasteiger partial charge in [-0.25, -0.2) is 0 Å². The highest BCUT2D eigenvalue weighted by Crippen LogP contribution is 2.50. The third-order valence-corrected chi connectivity index (χ3v) is 4.25. The first-order valence-corrected chi connectivity index (χ1v) is 6.73. The van der Waals surface area contributed by atoms with E-state index in [1.807, 2.05) is 13.8 Å². The summed E-state index contributed by atoms with van der Waals surface area (Å²) >= 11 is 0. The van der Waals surface area contributed by atoms with Gasteiger partial charge in [0.2, 0.25) is 11.8 Å². The van der Waals surface area contributed by atoms with Crippen LogP contribution in [0.5, 0.6) is 0 Å². The van der Waals surface area contributed by atoms with Crippen LogP contribution in [0.15, 0.2) is 0 Å². The lowest BCUT2D eigenvalue weighted by Gasteiger charge is -2.51. The maximum absolute atomic E-state index is 12.2. The van der Waals surface area contributed by atoms with Gasteiger partial charge in [-0.1, -0.05) is 13.8 Å². The summed E-state index contributed by atoms with van der Waals surface area (Å²) in [4.78, 5) is 23.9. The second-order valence-corrected chi connectivity index (χ2v) is 6.71. The summed E-state index contributed by atoms with van der Waals surface area (Å²) < 4.78 is 5.75. The van der Waals surface area contributed by atoms with Crippen LogP contribution in [0, 0.1) is 17.3 Å². The van der Waals surface area contributed by atoms with E-state index in [4.69, 9.17) is 4.74 Å². The fraction of sp³-hybridized carbons (Fsp3) is 0.857. The number of carbonyl (C=O) groups is 2. The van der Waals surface area contributed by atoms with Crippen molar-refractivity contribution in [3.63, 3.8) is 0 Å². The largest absolute Gasteiger partial charge is 0.376 e. The zero-order valence-electron chi connectivity index (χ0n) is 11.7. The molecule has 2 atom stereocenters. The van der Waals surface area contributed by atoms with Crippen LogP contribution >= 0.6 is 0 Å². The topological polar surface area (TPSA) is 55.4 Å². The molecule has 2 aliphatic rings. The number of ether oxygens (including phenoxy) is 1.